The Morgan fingerprint density at radius 1 is 1.04 bits per heavy atom. The first-order chi connectivity index (χ1) is 11.6. The van der Waals surface area contributed by atoms with Crippen LogP contribution in [-0.2, 0) is 5.75 Å². The van der Waals surface area contributed by atoms with Gasteiger partial charge in [-0.3, -0.25) is 0 Å². The minimum Gasteiger partial charge on any atom is -0.497 e. The van der Waals surface area contributed by atoms with Crippen molar-refractivity contribution in [1.82, 2.24) is 0 Å². The van der Waals surface area contributed by atoms with E-state index in [1.807, 2.05) is 36.4 Å². The minimum atomic E-state index is 0.488. The van der Waals surface area contributed by atoms with Crippen LogP contribution in [0.25, 0.3) is 0 Å². The highest BCUT2D eigenvalue weighted by Crippen LogP contribution is 2.35. The number of rotatable bonds is 6. The molecule has 0 aliphatic carbocycles. The van der Waals surface area contributed by atoms with Crippen molar-refractivity contribution in [2.75, 3.05) is 21.3 Å². The second-order valence-electron chi connectivity index (χ2n) is 4.74. The molecule has 0 heterocycles. The fourth-order valence-electron chi connectivity index (χ4n) is 1.97. The molecule has 0 amide bonds. The SMILES string of the molecule is COc1ccc(N=C(N)SCc2cc(OC)c(OC)cc2Br)cc1. The van der Waals surface area contributed by atoms with Gasteiger partial charge in [0.25, 0.3) is 0 Å². The monoisotopic (exact) mass is 410 g/mol. The van der Waals surface area contributed by atoms with Crippen LogP contribution in [0.3, 0.4) is 0 Å². The summed E-state index contributed by atoms with van der Waals surface area (Å²) in [6.45, 7) is 0. The van der Waals surface area contributed by atoms with Crippen molar-refractivity contribution in [3.63, 3.8) is 0 Å². The molecule has 5 nitrogen and oxygen atoms in total. The molecule has 0 aliphatic heterocycles. The Morgan fingerprint density at radius 2 is 1.67 bits per heavy atom. The van der Waals surface area contributed by atoms with Crippen molar-refractivity contribution in [2.45, 2.75) is 5.75 Å². The standard InChI is InChI=1S/C17H19BrN2O3S/c1-21-13-6-4-12(5-7-13)20-17(19)24-10-11-8-15(22-2)16(23-3)9-14(11)18/h4-9H,10H2,1-3H3,(H2,19,20). The van der Waals surface area contributed by atoms with Gasteiger partial charge < -0.3 is 19.9 Å². The molecule has 24 heavy (non-hydrogen) atoms. The lowest BCUT2D eigenvalue weighted by Gasteiger charge is -2.11. The number of nitrogens with zero attached hydrogens (tertiary/aromatic N) is 1. The lowest BCUT2D eigenvalue weighted by Crippen LogP contribution is -2.06. The Labute approximate surface area is 154 Å². The van der Waals surface area contributed by atoms with Crippen LogP contribution in [0.15, 0.2) is 45.9 Å². The third-order valence-corrected chi connectivity index (χ3v) is 4.82. The number of thioether (sulfide) groups is 1. The second kappa shape index (κ2) is 8.84. The predicted molar refractivity (Wildman–Crippen MR) is 103 cm³/mol. The van der Waals surface area contributed by atoms with E-state index in [9.17, 15) is 0 Å². The van der Waals surface area contributed by atoms with Gasteiger partial charge in [-0.15, -0.1) is 0 Å². The average Bonchev–Trinajstić information content (AvgIpc) is 2.61. The molecule has 2 rings (SSSR count). The zero-order valence-corrected chi connectivity index (χ0v) is 16.1. The first kappa shape index (κ1) is 18.5. The highest BCUT2D eigenvalue weighted by Gasteiger charge is 2.10. The van der Waals surface area contributed by atoms with Crippen molar-refractivity contribution in [3.05, 3.63) is 46.4 Å². The number of hydrogen-bond donors (Lipinski definition) is 1. The average molecular weight is 411 g/mol. The van der Waals surface area contributed by atoms with E-state index in [4.69, 9.17) is 19.9 Å². The van der Waals surface area contributed by atoms with Gasteiger partial charge in [-0.1, -0.05) is 27.7 Å². The maximum atomic E-state index is 6.01. The molecular weight excluding hydrogens is 392 g/mol. The van der Waals surface area contributed by atoms with E-state index in [2.05, 4.69) is 20.9 Å². The van der Waals surface area contributed by atoms with Crippen LogP contribution >= 0.6 is 27.7 Å². The molecule has 0 aromatic heterocycles. The summed E-state index contributed by atoms with van der Waals surface area (Å²) in [5.74, 6) is 2.81. The van der Waals surface area contributed by atoms with Crippen LogP contribution in [0.4, 0.5) is 5.69 Å². The lowest BCUT2D eigenvalue weighted by molar-refractivity contribution is 0.354. The Bertz CT molecular complexity index is 721. The van der Waals surface area contributed by atoms with Gasteiger partial charge in [-0.25, -0.2) is 4.99 Å². The minimum absolute atomic E-state index is 0.488. The first-order valence-electron chi connectivity index (χ1n) is 7.08. The predicted octanol–water partition coefficient (Wildman–Crippen LogP) is 4.35. The summed E-state index contributed by atoms with van der Waals surface area (Å²) in [4.78, 5) is 4.39. The Morgan fingerprint density at radius 3 is 2.25 bits per heavy atom. The molecule has 0 unspecified atom stereocenters. The topological polar surface area (TPSA) is 66.1 Å². The van der Waals surface area contributed by atoms with Gasteiger partial charge in [0, 0.05) is 10.2 Å². The van der Waals surface area contributed by atoms with Crippen molar-refractivity contribution in [3.8, 4) is 17.2 Å². The maximum absolute atomic E-state index is 6.01. The van der Waals surface area contributed by atoms with Crippen LogP contribution in [0.1, 0.15) is 5.56 Å². The van der Waals surface area contributed by atoms with E-state index in [1.54, 1.807) is 21.3 Å². The fraction of sp³-hybridized carbons (Fsp3) is 0.235. The number of amidine groups is 1. The van der Waals surface area contributed by atoms with Gasteiger partial charge in [-0.2, -0.15) is 0 Å². The van der Waals surface area contributed by atoms with Crippen LogP contribution < -0.4 is 19.9 Å². The zero-order valence-electron chi connectivity index (χ0n) is 13.7. The van der Waals surface area contributed by atoms with Gasteiger partial charge >= 0.3 is 0 Å². The van der Waals surface area contributed by atoms with Crippen molar-refractivity contribution in [1.29, 1.82) is 0 Å². The van der Waals surface area contributed by atoms with E-state index >= 15 is 0 Å². The molecule has 0 saturated carbocycles. The van der Waals surface area contributed by atoms with Gasteiger partial charge in [0.15, 0.2) is 16.7 Å². The highest BCUT2D eigenvalue weighted by molar-refractivity contribution is 9.10. The van der Waals surface area contributed by atoms with E-state index in [0.717, 1.165) is 21.5 Å². The quantitative estimate of drug-likeness (QED) is 0.566. The molecule has 0 radical (unpaired) electrons. The molecule has 2 N–H and O–H groups in total. The molecule has 0 atom stereocenters. The maximum Gasteiger partial charge on any atom is 0.161 e. The zero-order chi connectivity index (χ0) is 17.5. The highest BCUT2D eigenvalue weighted by atomic mass is 79.9. The molecule has 2 aromatic rings. The van der Waals surface area contributed by atoms with E-state index in [0.29, 0.717) is 22.4 Å². The Hall–Kier alpha value is -1.86. The van der Waals surface area contributed by atoms with E-state index in [-0.39, 0.29) is 0 Å². The molecule has 0 spiro atoms. The number of halogens is 1. The summed E-state index contributed by atoms with van der Waals surface area (Å²) in [6, 6.07) is 11.2. The summed E-state index contributed by atoms with van der Waals surface area (Å²) >= 11 is 4.99. The van der Waals surface area contributed by atoms with E-state index < -0.39 is 0 Å². The molecule has 0 bridgehead atoms. The summed E-state index contributed by atoms with van der Waals surface area (Å²) in [7, 11) is 4.85. The number of ether oxygens (including phenoxy) is 3. The molecule has 0 aliphatic rings. The summed E-state index contributed by atoms with van der Waals surface area (Å²) in [5, 5.41) is 0.488. The second-order valence-corrected chi connectivity index (χ2v) is 6.59. The smallest absolute Gasteiger partial charge is 0.161 e. The third-order valence-electron chi connectivity index (χ3n) is 3.24. The molecule has 2 aromatic carbocycles. The molecule has 128 valence electrons. The Kier molecular flexibility index (Phi) is 6.81. The summed E-state index contributed by atoms with van der Waals surface area (Å²) < 4.78 is 16.7. The number of aliphatic imine (C=N–C) groups is 1. The van der Waals surface area contributed by atoms with Gasteiger partial charge in [0.2, 0.25) is 0 Å². The normalized spacial score (nSPS) is 11.2. The number of hydrogen-bond acceptors (Lipinski definition) is 5. The molecule has 0 saturated heterocycles. The number of benzene rings is 2. The molecule has 7 heteroatoms. The van der Waals surface area contributed by atoms with Crippen LogP contribution in [0, 0.1) is 0 Å². The van der Waals surface area contributed by atoms with Crippen LogP contribution in [-0.4, -0.2) is 26.5 Å². The van der Waals surface area contributed by atoms with Gasteiger partial charge in [0.05, 0.1) is 27.0 Å². The Balaban J connectivity index is 2.07. The number of methoxy groups -OCH3 is 3. The van der Waals surface area contributed by atoms with E-state index in [1.165, 1.54) is 11.8 Å². The van der Waals surface area contributed by atoms with Gasteiger partial charge in [0.1, 0.15) is 5.75 Å². The summed E-state index contributed by atoms with van der Waals surface area (Å²) in [6.07, 6.45) is 0. The first-order valence-corrected chi connectivity index (χ1v) is 8.86. The molecule has 0 fully saturated rings. The molecular formula is C17H19BrN2O3S. The lowest BCUT2D eigenvalue weighted by atomic mass is 10.2. The van der Waals surface area contributed by atoms with Crippen molar-refractivity contribution in [2.24, 2.45) is 10.7 Å². The van der Waals surface area contributed by atoms with Gasteiger partial charge in [-0.05, 0) is 42.0 Å². The largest absolute Gasteiger partial charge is 0.497 e. The third kappa shape index (κ3) is 4.82. The van der Waals surface area contributed by atoms with Crippen molar-refractivity contribution >= 4 is 38.5 Å². The van der Waals surface area contributed by atoms with Crippen molar-refractivity contribution < 1.29 is 14.2 Å². The van der Waals surface area contributed by atoms with Crippen LogP contribution in [0.2, 0.25) is 0 Å². The fourth-order valence-corrected chi connectivity index (χ4v) is 3.34. The summed E-state index contributed by atoms with van der Waals surface area (Å²) in [5.41, 5.74) is 7.84. The van der Waals surface area contributed by atoms with Crippen LogP contribution in [0.5, 0.6) is 17.2 Å². The number of nitrogens with two attached hydrogens (primary N) is 1.